The van der Waals surface area contributed by atoms with Crippen molar-refractivity contribution in [3.8, 4) is 33.4 Å². The lowest BCUT2D eigenvalue weighted by Crippen LogP contribution is -2.16. The Morgan fingerprint density at radius 3 is 1.85 bits per heavy atom. The van der Waals surface area contributed by atoms with Crippen LogP contribution in [0.4, 0.5) is 17.1 Å². The first-order valence-electron chi connectivity index (χ1n) is 21.3. The Kier molecular flexibility index (Phi) is 7.04. The highest BCUT2D eigenvalue weighted by Gasteiger charge is 2.38. The van der Waals surface area contributed by atoms with Gasteiger partial charge in [-0.3, -0.25) is 0 Å². The number of hydrogen-bond acceptors (Lipinski definition) is 3. The summed E-state index contributed by atoms with van der Waals surface area (Å²) in [5, 5.41) is 7.05. The second kappa shape index (κ2) is 12.3. The van der Waals surface area contributed by atoms with Crippen molar-refractivity contribution in [3.05, 3.63) is 198 Å². The van der Waals surface area contributed by atoms with E-state index in [4.69, 9.17) is 4.42 Å². The Morgan fingerprint density at radius 2 is 1.02 bits per heavy atom. The number of thiophene rings is 1. The van der Waals surface area contributed by atoms with Gasteiger partial charge >= 0.3 is 0 Å². The van der Waals surface area contributed by atoms with Crippen LogP contribution in [0.3, 0.4) is 0 Å². The highest BCUT2D eigenvalue weighted by molar-refractivity contribution is 7.26. The van der Waals surface area contributed by atoms with E-state index in [0.29, 0.717) is 0 Å². The summed E-state index contributed by atoms with van der Waals surface area (Å²) in [7, 11) is 0. The van der Waals surface area contributed by atoms with Crippen molar-refractivity contribution < 1.29 is 4.42 Å². The fourth-order valence-electron chi connectivity index (χ4n) is 11.1. The van der Waals surface area contributed by atoms with Crippen molar-refractivity contribution in [1.82, 2.24) is 0 Å². The molecule has 3 heteroatoms. The van der Waals surface area contributed by atoms with Crippen LogP contribution in [0.1, 0.15) is 49.9 Å². The van der Waals surface area contributed by atoms with Gasteiger partial charge in [0.2, 0.25) is 0 Å². The lowest BCUT2D eigenvalue weighted by atomic mass is 9.79. The molecule has 2 nitrogen and oxygen atoms in total. The molecule has 2 aromatic heterocycles. The predicted octanol–water partition coefficient (Wildman–Crippen LogP) is 16.9. The van der Waals surface area contributed by atoms with Crippen LogP contribution >= 0.6 is 11.3 Å². The first kappa shape index (κ1) is 34.9. The van der Waals surface area contributed by atoms with Crippen LogP contribution in [-0.4, -0.2) is 0 Å². The third-order valence-corrected chi connectivity index (χ3v) is 15.2. The summed E-state index contributed by atoms with van der Waals surface area (Å²) in [6, 6.07) is 65.5. The molecule has 2 aliphatic carbocycles. The summed E-state index contributed by atoms with van der Waals surface area (Å²) in [6.07, 6.45) is 0. The van der Waals surface area contributed by atoms with Gasteiger partial charge in [0.25, 0.3) is 0 Å². The molecule has 0 bridgehead atoms. The van der Waals surface area contributed by atoms with Gasteiger partial charge in [-0.1, -0.05) is 143 Å². The van der Waals surface area contributed by atoms with Crippen molar-refractivity contribution in [3.63, 3.8) is 0 Å². The molecular weight excluding hydrogens is 759 g/mol. The van der Waals surface area contributed by atoms with Gasteiger partial charge in [-0.25, -0.2) is 0 Å². The Bertz CT molecular complexity index is 3650. The summed E-state index contributed by atoms with van der Waals surface area (Å²) in [5.74, 6) is 0. The van der Waals surface area contributed by atoms with E-state index in [1.165, 1.54) is 81.2 Å². The quantitative estimate of drug-likeness (QED) is 0.176. The maximum absolute atomic E-state index is 6.93. The van der Waals surface area contributed by atoms with Gasteiger partial charge in [0, 0.05) is 64.2 Å². The molecule has 0 saturated heterocycles. The maximum Gasteiger partial charge on any atom is 0.144 e. The van der Waals surface area contributed by atoms with Crippen molar-refractivity contribution in [2.45, 2.75) is 38.5 Å². The Labute approximate surface area is 358 Å². The molecule has 13 rings (SSSR count). The van der Waals surface area contributed by atoms with Gasteiger partial charge in [-0.05, 0) is 122 Å². The molecule has 61 heavy (non-hydrogen) atoms. The minimum Gasteiger partial charge on any atom is -0.455 e. The SMILES string of the molecule is CC1(C)c2ccccc2-c2ccc(N(c3ccc(-c4cccc5c4C(C)(C)c4ccccc4-5)cc3)c3ccc4sc5ccc6c7ccc8ccccc8c7oc6c5c4c3)cc21. The minimum absolute atomic E-state index is 0.0981. The van der Waals surface area contributed by atoms with Crippen molar-refractivity contribution in [2.24, 2.45) is 0 Å². The largest absolute Gasteiger partial charge is 0.455 e. The van der Waals surface area contributed by atoms with E-state index in [1.54, 1.807) is 0 Å². The highest BCUT2D eigenvalue weighted by atomic mass is 32.1. The van der Waals surface area contributed by atoms with Gasteiger partial charge < -0.3 is 9.32 Å². The molecular formula is C58H41NOS. The molecule has 2 heterocycles. The second-order valence-corrected chi connectivity index (χ2v) is 19.1. The number of rotatable bonds is 4. The zero-order valence-corrected chi connectivity index (χ0v) is 35.3. The van der Waals surface area contributed by atoms with Crippen LogP contribution in [0.2, 0.25) is 0 Å². The van der Waals surface area contributed by atoms with Gasteiger partial charge in [-0.15, -0.1) is 11.3 Å². The molecule has 0 unspecified atom stereocenters. The third-order valence-electron chi connectivity index (χ3n) is 14.0. The summed E-state index contributed by atoms with van der Waals surface area (Å²) >= 11 is 1.84. The normalized spacial score (nSPS) is 14.5. The van der Waals surface area contributed by atoms with E-state index in [-0.39, 0.29) is 10.8 Å². The van der Waals surface area contributed by atoms with Crippen LogP contribution in [0.25, 0.3) is 86.3 Å². The van der Waals surface area contributed by atoms with Crippen LogP contribution in [-0.2, 0) is 10.8 Å². The predicted molar refractivity (Wildman–Crippen MR) is 259 cm³/mol. The molecule has 9 aromatic carbocycles. The van der Waals surface area contributed by atoms with E-state index in [1.807, 2.05) is 11.3 Å². The number of hydrogen-bond donors (Lipinski definition) is 0. The number of fused-ring (bicyclic) bond motifs is 15. The molecule has 0 amide bonds. The molecule has 0 N–H and O–H groups in total. The van der Waals surface area contributed by atoms with Crippen molar-refractivity contribution in [1.29, 1.82) is 0 Å². The fourth-order valence-corrected chi connectivity index (χ4v) is 12.2. The van der Waals surface area contributed by atoms with Crippen LogP contribution in [0, 0.1) is 0 Å². The van der Waals surface area contributed by atoms with E-state index in [0.717, 1.165) is 44.4 Å². The molecule has 2 aliphatic rings. The molecule has 11 aromatic rings. The second-order valence-electron chi connectivity index (χ2n) is 18.0. The third kappa shape index (κ3) is 4.78. The summed E-state index contributed by atoms with van der Waals surface area (Å²) < 4.78 is 9.42. The fraction of sp³-hybridized carbons (Fsp3) is 0.103. The van der Waals surface area contributed by atoms with E-state index >= 15 is 0 Å². The highest BCUT2D eigenvalue weighted by Crippen LogP contribution is 2.54. The lowest BCUT2D eigenvalue weighted by Gasteiger charge is -2.28. The lowest BCUT2D eigenvalue weighted by molar-refractivity contribution is 0.660. The van der Waals surface area contributed by atoms with E-state index in [2.05, 4.69) is 209 Å². The van der Waals surface area contributed by atoms with Crippen LogP contribution < -0.4 is 4.90 Å². The average Bonchev–Trinajstić information content (AvgIpc) is 3.99. The summed E-state index contributed by atoms with van der Waals surface area (Å²) in [4.78, 5) is 2.45. The van der Waals surface area contributed by atoms with Crippen LogP contribution in [0.15, 0.2) is 180 Å². The van der Waals surface area contributed by atoms with Gasteiger partial charge in [0.15, 0.2) is 0 Å². The van der Waals surface area contributed by atoms with Crippen molar-refractivity contribution in [2.75, 3.05) is 4.90 Å². The number of anilines is 3. The van der Waals surface area contributed by atoms with Gasteiger partial charge in [-0.2, -0.15) is 0 Å². The van der Waals surface area contributed by atoms with Crippen molar-refractivity contribution >= 4 is 81.3 Å². The summed E-state index contributed by atoms with van der Waals surface area (Å²) in [5.41, 5.74) is 18.5. The maximum atomic E-state index is 6.93. The Morgan fingerprint density at radius 1 is 0.410 bits per heavy atom. The Hall–Kier alpha value is -6.94. The van der Waals surface area contributed by atoms with Gasteiger partial charge in [0.05, 0.1) is 0 Å². The minimum atomic E-state index is -0.125. The summed E-state index contributed by atoms with van der Waals surface area (Å²) in [6.45, 7) is 9.47. The molecule has 0 atom stereocenters. The molecule has 290 valence electrons. The standard InChI is InChI=1S/C58H41NOS/c1-57(2)48-18-9-7-14-41(48)43-28-25-38(33-50(43)57)59(36-23-20-35(21-24-36)39-16-11-17-44-42-15-8-10-19-49(42)58(3,4)54(39)44)37-26-30-51-47(32-37)53-52(61-51)31-29-46-45-27-22-34-12-5-6-13-40(34)55(45)60-56(46)53/h5-33H,1-4H3. The molecule has 0 fully saturated rings. The molecule has 0 aliphatic heterocycles. The van der Waals surface area contributed by atoms with E-state index < -0.39 is 0 Å². The van der Waals surface area contributed by atoms with Gasteiger partial charge in [0.1, 0.15) is 11.2 Å². The molecule has 0 radical (unpaired) electrons. The monoisotopic (exact) mass is 799 g/mol. The first-order chi connectivity index (χ1) is 29.8. The zero-order chi connectivity index (χ0) is 40.8. The Balaban J connectivity index is 1.00. The number of furan rings is 1. The average molecular weight is 800 g/mol. The van der Waals surface area contributed by atoms with Crippen LogP contribution in [0.5, 0.6) is 0 Å². The number of benzene rings is 9. The molecule has 0 spiro atoms. The molecule has 0 saturated carbocycles. The zero-order valence-electron chi connectivity index (χ0n) is 34.5. The number of nitrogens with zero attached hydrogens (tertiary/aromatic N) is 1. The smallest absolute Gasteiger partial charge is 0.144 e. The van der Waals surface area contributed by atoms with E-state index in [9.17, 15) is 0 Å². The topological polar surface area (TPSA) is 16.4 Å². The first-order valence-corrected chi connectivity index (χ1v) is 22.1.